The maximum atomic E-state index is 11.2. The number of aliphatic hydroxyl groups is 1. The highest BCUT2D eigenvalue weighted by Gasteiger charge is 2.18. The zero-order valence-corrected chi connectivity index (χ0v) is 9.84. The van der Waals surface area contributed by atoms with Crippen molar-refractivity contribution in [2.24, 2.45) is 0 Å². The molecule has 90 valence electrons. The third kappa shape index (κ3) is 6.67. The Bertz CT molecular complexity index is 292. The van der Waals surface area contributed by atoms with Crippen LogP contribution in [0.25, 0.3) is 0 Å². The van der Waals surface area contributed by atoms with Gasteiger partial charge in [0.2, 0.25) is 10.0 Å². The van der Waals surface area contributed by atoms with Crippen LogP contribution >= 0.6 is 11.6 Å². The zero-order valence-electron chi connectivity index (χ0n) is 8.27. The van der Waals surface area contributed by atoms with Crippen molar-refractivity contribution < 1.29 is 23.1 Å². The number of esters is 1. The summed E-state index contributed by atoms with van der Waals surface area (Å²) in [5.41, 5.74) is 0. The molecule has 0 aliphatic rings. The lowest BCUT2D eigenvalue weighted by Gasteiger charge is -2.09. The van der Waals surface area contributed by atoms with Gasteiger partial charge in [-0.2, -0.15) is 0 Å². The Hall–Kier alpha value is -0.370. The van der Waals surface area contributed by atoms with Crippen LogP contribution in [-0.2, 0) is 19.6 Å². The maximum Gasteiger partial charge on any atom is 0.336 e. The lowest BCUT2D eigenvalue weighted by atomic mass is 10.4. The van der Waals surface area contributed by atoms with Gasteiger partial charge in [-0.15, -0.1) is 11.6 Å². The fourth-order valence-corrected chi connectivity index (χ4v) is 2.11. The number of aliphatic hydroxyl groups excluding tert-OH is 1. The number of carbonyl (C=O) groups excluding carboxylic acids is 1. The van der Waals surface area contributed by atoms with Crippen LogP contribution in [0.5, 0.6) is 0 Å². The molecule has 0 aromatic heterocycles. The molecule has 0 saturated heterocycles. The number of rotatable bonds is 7. The molecule has 0 heterocycles. The van der Waals surface area contributed by atoms with Gasteiger partial charge in [0.1, 0.15) is 0 Å². The van der Waals surface area contributed by atoms with E-state index in [1.54, 1.807) is 0 Å². The molecule has 0 amide bonds. The van der Waals surface area contributed by atoms with E-state index in [0.717, 1.165) is 7.11 Å². The number of ether oxygens (including phenoxy) is 1. The second-order valence-corrected chi connectivity index (χ2v) is 5.05. The Morgan fingerprint density at radius 3 is 2.67 bits per heavy atom. The molecule has 15 heavy (non-hydrogen) atoms. The summed E-state index contributed by atoms with van der Waals surface area (Å²) in [6.07, 6.45) is -1.17. The van der Waals surface area contributed by atoms with Crippen molar-refractivity contribution in [1.29, 1.82) is 0 Å². The minimum Gasteiger partial charge on any atom is -0.467 e. The number of hydrogen-bond acceptors (Lipinski definition) is 5. The summed E-state index contributed by atoms with van der Waals surface area (Å²) in [7, 11) is -2.38. The monoisotopic (exact) mass is 259 g/mol. The molecule has 0 radical (unpaired) electrons. The second-order valence-electron chi connectivity index (χ2n) is 2.75. The van der Waals surface area contributed by atoms with Crippen molar-refractivity contribution in [3.05, 3.63) is 0 Å². The number of halogens is 1. The normalized spacial score (nSPS) is 13.5. The summed E-state index contributed by atoms with van der Waals surface area (Å²) in [6, 6.07) is 0. The van der Waals surface area contributed by atoms with Gasteiger partial charge in [-0.25, -0.2) is 17.9 Å². The molecule has 2 N–H and O–H groups in total. The molecule has 0 bridgehead atoms. The largest absolute Gasteiger partial charge is 0.467 e. The van der Waals surface area contributed by atoms with E-state index in [-0.39, 0.29) is 11.6 Å². The lowest BCUT2D eigenvalue weighted by molar-refractivity contribution is -0.149. The van der Waals surface area contributed by atoms with Gasteiger partial charge in [-0.1, -0.05) is 0 Å². The highest BCUT2D eigenvalue weighted by molar-refractivity contribution is 7.89. The fraction of sp³-hybridized carbons (Fsp3) is 0.857. The quantitative estimate of drug-likeness (QED) is 0.455. The predicted octanol–water partition coefficient (Wildman–Crippen LogP) is -0.931. The van der Waals surface area contributed by atoms with Crippen molar-refractivity contribution in [3.8, 4) is 0 Å². The van der Waals surface area contributed by atoms with Crippen LogP contribution < -0.4 is 4.72 Å². The summed E-state index contributed by atoms with van der Waals surface area (Å²) in [5, 5.41) is 9.08. The van der Waals surface area contributed by atoms with E-state index in [2.05, 4.69) is 9.46 Å². The summed E-state index contributed by atoms with van der Waals surface area (Å²) >= 11 is 5.33. The van der Waals surface area contributed by atoms with Crippen LogP contribution in [0.15, 0.2) is 0 Å². The molecule has 0 aliphatic carbocycles. The molecule has 8 heteroatoms. The van der Waals surface area contributed by atoms with Gasteiger partial charge in [0.05, 0.1) is 12.9 Å². The predicted molar refractivity (Wildman–Crippen MR) is 55.1 cm³/mol. The highest BCUT2D eigenvalue weighted by Crippen LogP contribution is 1.93. The van der Waals surface area contributed by atoms with Gasteiger partial charge in [0.25, 0.3) is 0 Å². The average molecular weight is 260 g/mol. The van der Waals surface area contributed by atoms with Crippen molar-refractivity contribution in [2.45, 2.75) is 12.5 Å². The standard InChI is InChI=1S/C7H14ClNO5S/c1-14-7(11)6(10)5-9-15(12,13)4-2-3-8/h6,9-10H,2-5H2,1H3. The highest BCUT2D eigenvalue weighted by atomic mass is 35.5. The van der Waals surface area contributed by atoms with E-state index < -0.39 is 28.6 Å². The van der Waals surface area contributed by atoms with E-state index >= 15 is 0 Å². The molecule has 0 saturated carbocycles. The van der Waals surface area contributed by atoms with Gasteiger partial charge in [0.15, 0.2) is 6.10 Å². The third-order valence-electron chi connectivity index (χ3n) is 1.52. The number of nitrogens with one attached hydrogen (secondary N) is 1. The topological polar surface area (TPSA) is 92.7 Å². The first kappa shape index (κ1) is 14.6. The molecule has 1 atom stereocenters. The Labute approximate surface area is 93.6 Å². The maximum absolute atomic E-state index is 11.2. The number of sulfonamides is 1. The first-order chi connectivity index (χ1) is 6.93. The van der Waals surface area contributed by atoms with Crippen molar-refractivity contribution in [2.75, 3.05) is 25.3 Å². The second kappa shape index (κ2) is 7.00. The van der Waals surface area contributed by atoms with Crippen LogP contribution in [0.1, 0.15) is 6.42 Å². The molecular formula is C7H14ClNO5S. The fourth-order valence-electron chi connectivity index (χ4n) is 0.742. The van der Waals surface area contributed by atoms with E-state index in [1.807, 2.05) is 0 Å². The SMILES string of the molecule is COC(=O)C(O)CNS(=O)(=O)CCCCl. The van der Waals surface area contributed by atoms with Crippen molar-refractivity contribution in [3.63, 3.8) is 0 Å². The van der Waals surface area contributed by atoms with Crippen LogP contribution in [0.3, 0.4) is 0 Å². The van der Waals surface area contributed by atoms with Crippen molar-refractivity contribution in [1.82, 2.24) is 4.72 Å². The van der Waals surface area contributed by atoms with Gasteiger partial charge in [-0.3, -0.25) is 0 Å². The Balaban J connectivity index is 3.98. The number of hydrogen-bond donors (Lipinski definition) is 2. The average Bonchev–Trinajstić information content (AvgIpc) is 2.22. The van der Waals surface area contributed by atoms with Crippen LogP contribution in [-0.4, -0.2) is 50.9 Å². The smallest absolute Gasteiger partial charge is 0.336 e. The summed E-state index contributed by atoms with van der Waals surface area (Å²) in [6.45, 7) is -0.392. The van der Waals surface area contributed by atoms with Gasteiger partial charge < -0.3 is 9.84 Å². The van der Waals surface area contributed by atoms with E-state index in [4.69, 9.17) is 16.7 Å². The number of alkyl halides is 1. The van der Waals surface area contributed by atoms with Crippen LogP contribution in [0.2, 0.25) is 0 Å². The molecule has 0 aliphatic heterocycles. The summed E-state index contributed by atoms with van der Waals surface area (Å²) < 4.78 is 28.6. The number of methoxy groups -OCH3 is 1. The van der Waals surface area contributed by atoms with Gasteiger partial charge >= 0.3 is 5.97 Å². The van der Waals surface area contributed by atoms with Gasteiger partial charge in [0, 0.05) is 12.4 Å². The van der Waals surface area contributed by atoms with Crippen LogP contribution in [0.4, 0.5) is 0 Å². The molecule has 0 fully saturated rings. The molecule has 6 nitrogen and oxygen atoms in total. The molecule has 0 aromatic rings. The van der Waals surface area contributed by atoms with Crippen LogP contribution in [0, 0.1) is 0 Å². The van der Waals surface area contributed by atoms with Crippen molar-refractivity contribution >= 4 is 27.6 Å². The lowest BCUT2D eigenvalue weighted by Crippen LogP contribution is -2.38. The van der Waals surface area contributed by atoms with E-state index in [1.165, 1.54) is 0 Å². The molecule has 0 aromatic carbocycles. The Morgan fingerprint density at radius 1 is 1.60 bits per heavy atom. The summed E-state index contributed by atoms with van der Waals surface area (Å²) in [5.74, 6) is -0.778. The van der Waals surface area contributed by atoms with Gasteiger partial charge in [-0.05, 0) is 6.42 Å². The zero-order chi connectivity index (χ0) is 11.9. The molecule has 0 rings (SSSR count). The minimum absolute atomic E-state index is 0.135. The Kier molecular flexibility index (Phi) is 6.82. The summed E-state index contributed by atoms with van der Waals surface area (Å²) in [4.78, 5) is 10.7. The molecule has 0 spiro atoms. The first-order valence-corrected chi connectivity index (χ1v) is 6.41. The third-order valence-corrected chi connectivity index (χ3v) is 3.22. The molecule has 1 unspecified atom stereocenters. The van der Waals surface area contributed by atoms with E-state index in [9.17, 15) is 13.2 Å². The Morgan fingerprint density at radius 2 is 2.20 bits per heavy atom. The molecular weight excluding hydrogens is 246 g/mol. The number of carbonyl (C=O) groups is 1. The minimum atomic E-state index is -3.48. The van der Waals surface area contributed by atoms with E-state index in [0.29, 0.717) is 6.42 Å². The first-order valence-electron chi connectivity index (χ1n) is 4.22.